The maximum Gasteiger partial charge on any atom is 0.263 e. The molecule has 6 heteroatoms. The second-order valence-electron chi connectivity index (χ2n) is 4.11. The molecule has 0 radical (unpaired) electrons. The van der Waals surface area contributed by atoms with Crippen LogP contribution in [0.5, 0.6) is 0 Å². The normalized spacial score (nSPS) is 10.7. The molecule has 0 saturated carbocycles. The van der Waals surface area contributed by atoms with E-state index in [1.54, 1.807) is 6.07 Å². The lowest BCUT2D eigenvalue weighted by molar-refractivity contribution is 0.430. The molecule has 0 aliphatic rings. The zero-order chi connectivity index (χ0) is 14.1. The van der Waals surface area contributed by atoms with Gasteiger partial charge in [-0.25, -0.2) is 4.39 Å². The number of benzene rings is 2. The van der Waals surface area contributed by atoms with E-state index < -0.39 is 5.82 Å². The van der Waals surface area contributed by atoms with Crippen LogP contribution >= 0.6 is 15.9 Å². The minimum Gasteiger partial charge on any atom is -0.398 e. The molecule has 0 unspecified atom stereocenters. The number of nitrogens with zero attached hydrogens (tertiary/aromatic N) is 2. The first kappa shape index (κ1) is 12.8. The van der Waals surface area contributed by atoms with E-state index in [1.165, 1.54) is 12.1 Å². The Morgan fingerprint density at radius 1 is 1.10 bits per heavy atom. The fourth-order valence-electron chi connectivity index (χ4n) is 1.84. The van der Waals surface area contributed by atoms with Crippen molar-refractivity contribution in [2.75, 3.05) is 5.73 Å². The number of nitrogens with two attached hydrogens (primary N) is 1. The SMILES string of the molecule is Nc1cccc(F)c1-c1nc(-c2ccccc2Br)no1. The predicted octanol–water partition coefficient (Wildman–Crippen LogP) is 3.89. The summed E-state index contributed by atoms with van der Waals surface area (Å²) in [6.45, 7) is 0. The average molecular weight is 334 g/mol. The molecule has 1 aromatic heterocycles. The minimum absolute atomic E-state index is 0.0614. The monoisotopic (exact) mass is 333 g/mol. The zero-order valence-electron chi connectivity index (χ0n) is 10.2. The number of rotatable bonds is 2. The molecule has 2 N–H and O–H groups in total. The van der Waals surface area contributed by atoms with Crippen LogP contribution in [0, 0.1) is 5.82 Å². The number of hydrogen-bond donors (Lipinski definition) is 1. The van der Waals surface area contributed by atoms with Crippen LogP contribution in [0.4, 0.5) is 10.1 Å². The summed E-state index contributed by atoms with van der Waals surface area (Å²) >= 11 is 3.41. The van der Waals surface area contributed by atoms with Crippen molar-refractivity contribution in [3.05, 3.63) is 52.8 Å². The molecule has 0 fully saturated rings. The van der Waals surface area contributed by atoms with Gasteiger partial charge in [0.2, 0.25) is 5.82 Å². The molecule has 0 spiro atoms. The maximum absolute atomic E-state index is 13.8. The van der Waals surface area contributed by atoms with Gasteiger partial charge < -0.3 is 10.3 Å². The van der Waals surface area contributed by atoms with Crippen molar-refractivity contribution in [2.24, 2.45) is 0 Å². The Morgan fingerprint density at radius 3 is 2.65 bits per heavy atom. The Labute approximate surface area is 122 Å². The summed E-state index contributed by atoms with van der Waals surface area (Å²) in [5.41, 5.74) is 6.90. The highest BCUT2D eigenvalue weighted by atomic mass is 79.9. The largest absolute Gasteiger partial charge is 0.398 e. The van der Waals surface area contributed by atoms with Gasteiger partial charge in [0.25, 0.3) is 5.89 Å². The fourth-order valence-corrected chi connectivity index (χ4v) is 2.31. The van der Waals surface area contributed by atoms with Crippen LogP contribution < -0.4 is 5.73 Å². The minimum atomic E-state index is -0.493. The molecule has 3 aromatic rings. The van der Waals surface area contributed by atoms with E-state index in [1.807, 2.05) is 24.3 Å². The van der Waals surface area contributed by atoms with Crippen LogP contribution in [0.2, 0.25) is 0 Å². The maximum atomic E-state index is 13.8. The molecule has 0 aliphatic heterocycles. The molecule has 0 atom stereocenters. The molecule has 0 saturated heterocycles. The summed E-state index contributed by atoms with van der Waals surface area (Å²) in [7, 11) is 0. The van der Waals surface area contributed by atoms with Crippen molar-refractivity contribution < 1.29 is 8.91 Å². The summed E-state index contributed by atoms with van der Waals surface area (Å²) in [6, 6.07) is 11.8. The third kappa shape index (κ3) is 2.18. The number of anilines is 1. The van der Waals surface area contributed by atoms with E-state index in [4.69, 9.17) is 10.3 Å². The molecule has 3 rings (SSSR count). The Morgan fingerprint density at radius 2 is 1.90 bits per heavy atom. The summed E-state index contributed by atoms with van der Waals surface area (Å²) in [5.74, 6) is -0.0613. The molecule has 2 aromatic carbocycles. The number of nitrogen functional groups attached to an aromatic ring is 1. The average Bonchev–Trinajstić information content (AvgIpc) is 2.88. The Hall–Kier alpha value is -2.21. The third-order valence-corrected chi connectivity index (χ3v) is 3.49. The first-order valence-electron chi connectivity index (χ1n) is 5.80. The van der Waals surface area contributed by atoms with Crippen LogP contribution in [0.25, 0.3) is 22.8 Å². The number of hydrogen-bond acceptors (Lipinski definition) is 4. The van der Waals surface area contributed by atoms with Crippen molar-refractivity contribution in [3.63, 3.8) is 0 Å². The lowest BCUT2D eigenvalue weighted by atomic mass is 10.1. The van der Waals surface area contributed by atoms with Gasteiger partial charge in [0.1, 0.15) is 5.82 Å². The lowest BCUT2D eigenvalue weighted by Crippen LogP contribution is -1.93. The quantitative estimate of drug-likeness (QED) is 0.722. The molecular weight excluding hydrogens is 325 g/mol. The van der Waals surface area contributed by atoms with Gasteiger partial charge in [0.15, 0.2) is 0 Å². The van der Waals surface area contributed by atoms with E-state index in [0.29, 0.717) is 5.82 Å². The molecule has 0 aliphatic carbocycles. The van der Waals surface area contributed by atoms with E-state index in [0.717, 1.165) is 10.0 Å². The molecule has 0 bridgehead atoms. The third-order valence-electron chi connectivity index (χ3n) is 2.80. The van der Waals surface area contributed by atoms with Gasteiger partial charge in [0.05, 0.1) is 5.56 Å². The van der Waals surface area contributed by atoms with Crippen molar-refractivity contribution in [3.8, 4) is 22.8 Å². The highest BCUT2D eigenvalue weighted by Gasteiger charge is 2.17. The second-order valence-corrected chi connectivity index (χ2v) is 4.96. The molecule has 1 heterocycles. The van der Waals surface area contributed by atoms with Crippen molar-refractivity contribution >= 4 is 21.6 Å². The van der Waals surface area contributed by atoms with Gasteiger partial charge in [-0.05, 0) is 24.3 Å². The lowest BCUT2D eigenvalue weighted by Gasteiger charge is -2.00. The summed E-state index contributed by atoms with van der Waals surface area (Å²) in [4.78, 5) is 4.21. The number of aromatic nitrogens is 2. The van der Waals surface area contributed by atoms with E-state index in [9.17, 15) is 4.39 Å². The van der Waals surface area contributed by atoms with Gasteiger partial charge in [-0.15, -0.1) is 0 Å². The van der Waals surface area contributed by atoms with Crippen LogP contribution in [0.1, 0.15) is 0 Å². The fraction of sp³-hybridized carbons (Fsp3) is 0. The second kappa shape index (κ2) is 5.05. The van der Waals surface area contributed by atoms with Crippen LogP contribution in [0.3, 0.4) is 0 Å². The predicted molar refractivity (Wildman–Crippen MR) is 77.2 cm³/mol. The van der Waals surface area contributed by atoms with Crippen LogP contribution in [-0.2, 0) is 0 Å². The van der Waals surface area contributed by atoms with Crippen molar-refractivity contribution in [2.45, 2.75) is 0 Å². The van der Waals surface area contributed by atoms with Crippen molar-refractivity contribution in [1.29, 1.82) is 0 Å². The molecular formula is C14H9BrFN3O. The molecule has 4 nitrogen and oxygen atoms in total. The van der Waals surface area contributed by atoms with Gasteiger partial charge in [-0.2, -0.15) is 4.98 Å². The van der Waals surface area contributed by atoms with Crippen molar-refractivity contribution in [1.82, 2.24) is 10.1 Å². The van der Waals surface area contributed by atoms with Gasteiger partial charge in [-0.3, -0.25) is 0 Å². The van der Waals surface area contributed by atoms with Gasteiger partial charge >= 0.3 is 0 Å². The Bertz CT molecular complexity index is 752. The number of halogens is 2. The molecule has 0 amide bonds. The van der Waals surface area contributed by atoms with Gasteiger partial charge in [0, 0.05) is 15.7 Å². The highest BCUT2D eigenvalue weighted by molar-refractivity contribution is 9.10. The van der Waals surface area contributed by atoms with Gasteiger partial charge in [-0.1, -0.05) is 39.3 Å². The van der Waals surface area contributed by atoms with E-state index in [2.05, 4.69) is 26.1 Å². The standard InChI is InChI=1S/C14H9BrFN3O/c15-9-5-2-1-4-8(9)13-18-14(20-19-13)12-10(16)6-3-7-11(12)17/h1-7H,17H2. The summed E-state index contributed by atoms with van der Waals surface area (Å²) in [5, 5.41) is 3.87. The molecule has 20 heavy (non-hydrogen) atoms. The zero-order valence-corrected chi connectivity index (χ0v) is 11.8. The van der Waals surface area contributed by atoms with Crippen LogP contribution in [-0.4, -0.2) is 10.1 Å². The Kier molecular flexibility index (Phi) is 3.23. The Balaban J connectivity index is 2.10. The summed E-state index contributed by atoms with van der Waals surface area (Å²) < 4.78 is 19.8. The first-order valence-corrected chi connectivity index (χ1v) is 6.59. The van der Waals surface area contributed by atoms with Crippen LogP contribution in [0.15, 0.2) is 51.5 Å². The smallest absolute Gasteiger partial charge is 0.263 e. The highest BCUT2D eigenvalue weighted by Crippen LogP contribution is 2.31. The summed E-state index contributed by atoms with van der Waals surface area (Å²) in [6.07, 6.45) is 0. The van der Waals surface area contributed by atoms with E-state index >= 15 is 0 Å². The first-order chi connectivity index (χ1) is 9.66. The topological polar surface area (TPSA) is 64.9 Å². The van der Waals surface area contributed by atoms with E-state index in [-0.39, 0.29) is 17.1 Å². The molecule has 100 valence electrons.